The molecular formula is C17H23N3O3. The maximum absolute atomic E-state index is 12.2. The molecule has 0 aliphatic carbocycles. The fourth-order valence-electron chi connectivity index (χ4n) is 2.46. The predicted octanol–water partition coefficient (Wildman–Crippen LogP) is 2.82. The van der Waals surface area contributed by atoms with Crippen molar-refractivity contribution in [2.24, 2.45) is 10.5 Å². The topological polar surface area (TPSA) is 82.0 Å². The molecule has 1 aliphatic rings. The molecule has 0 atom stereocenters. The molecule has 1 amide bonds. The number of carboxylic acids is 1. The molecule has 1 fully saturated rings. The van der Waals surface area contributed by atoms with Crippen LogP contribution >= 0.6 is 0 Å². The normalized spacial score (nSPS) is 15.3. The Labute approximate surface area is 136 Å². The molecular weight excluding hydrogens is 294 g/mol. The van der Waals surface area contributed by atoms with Crippen molar-refractivity contribution < 1.29 is 14.7 Å². The number of hydrazone groups is 1. The first-order chi connectivity index (χ1) is 10.8. The Morgan fingerprint density at radius 1 is 1.17 bits per heavy atom. The molecule has 0 saturated carbocycles. The monoisotopic (exact) mass is 317 g/mol. The Morgan fingerprint density at radius 2 is 1.78 bits per heavy atom. The molecule has 124 valence electrons. The second-order valence-corrected chi connectivity index (χ2v) is 6.68. The number of nitrogens with zero attached hydrogens (tertiary/aromatic N) is 2. The van der Waals surface area contributed by atoms with Gasteiger partial charge in [-0.3, -0.25) is 10.2 Å². The van der Waals surface area contributed by atoms with Crippen molar-refractivity contribution in [2.45, 2.75) is 33.6 Å². The van der Waals surface area contributed by atoms with Crippen LogP contribution in [0.15, 0.2) is 29.4 Å². The van der Waals surface area contributed by atoms with Crippen LogP contribution in [0.4, 0.5) is 5.69 Å². The van der Waals surface area contributed by atoms with E-state index in [4.69, 9.17) is 5.11 Å². The summed E-state index contributed by atoms with van der Waals surface area (Å²) in [5.41, 5.74) is 4.09. The van der Waals surface area contributed by atoms with E-state index in [0.29, 0.717) is 31.6 Å². The number of carboxylic acid groups (broad SMARTS) is 1. The molecule has 2 rings (SSSR count). The number of amides is 1. The van der Waals surface area contributed by atoms with Crippen LogP contribution in [0.2, 0.25) is 0 Å². The van der Waals surface area contributed by atoms with E-state index >= 15 is 0 Å². The molecule has 0 aromatic heterocycles. The summed E-state index contributed by atoms with van der Waals surface area (Å²) in [5, 5.41) is 13.5. The van der Waals surface area contributed by atoms with Gasteiger partial charge in [0, 0.05) is 37.1 Å². The van der Waals surface area contributed by atoms with E-state index in [1.165, 1.54) is 6.07 Å². The number of likely N-dealkylation sites (tertiary alicyclic amines) is 1. The van der Waals surface area contributed by atoms with Gasteiger partial charge in [0.15, 0.2) is 0 Å². The Balaban J connectivity index is 1.97. The van der Waals surface area contributed by atoms with E-state index in [2.05, 4.69) is 10.5 Å². The van der Waals surface area contributed by atoms with Crippen molar-refractivity contribution in [3.63, 3.8) is 0 Å². The number of benzene rings is 1. The first-order valence-corrected chi connectivity index (χ1v) is 7.72. The molecule has 1 aromatic carbocycles. The van der Waals surface area contributed by atoms with Gasteiger partial charge in [-0.15, -0.1) is 0 Å². The number of rotatable bonds is 3. The van der Waals surface area contributed by atoms with Gasteiger partial charge in [0.1, 0.15) is 0 Å². The lowest BCUT2D eigenvalue weighted by molar-refractivity contribution is -0.139. The second-order valence-electron chi connectivity index (χ2n) is 6.68. The zero-order valence-corrected chi connectivity index (χ0v) is 13.8. The van der Waals surface area contributed by atoms with Crippen molar-refractivity contribution in [3.05, 3.63) is 29.8 Å². The molecule has 23 heavy (non-hydrogen) atoms. The number of carbonyl (C=O) groups is 2. The molecule has 6 nitrogen and oxygen atoms in total. The largest absolute Gasteiger partial charge is 0.478 e. The van der Waals surface area contributed by atoms with Gasteiger partial charge in [-0.2, -0.15) is 5.10 Å². The van der Waals surface area contributed by atoms with Crippen molar-refractivity contribution in [2.75, 3.05) is 18.5 Å². The molecule has 1 heterocycles. The zero-order chi connectivity index (χ0) is 17.0. The highest BCUT2D eigenvalue weighted by Gasteiger charge is 2.29. The first kappa shape index (κ1) is 17.0. The lowest BCUT2D eigenvalue weighted by Crippen LogP contribution is -2.44. The van der Waals surface area contributed by atoms with Crippen molar-refractivity contribution in [3.8, 4) is 0 Å². The lowest BCUT2D eigenvalue weighted by atomic mass is 9.93. The van der Waals surface area contributed by atoms with Gasteiger partial charge in [0.25, 0.3) is 0 Å². The van der Waals surface area contributed by atoms with E-state index < -0.39 is 5.97 Å². The van der Waals surface area contributed by atoms with Crippen LogP contribution in [0, 0.1) is 5.41 Å². The number of aromatic carboxylic acids is 1. The van der Waals surface area contributed by atoms with Gasteiger partial charge in [-0.25, -0.2) is 4.79 Å². The Bertz CT molecular complexity index is 622. The average molecular weight is 317 g/mol. The number of hydrogen-bond acceptors (Lipinski definition) is 4. The highest BCUT2D eigenvalue weighted by Crippen LogP contribution is 2.20. The molecule has 1 saturated heterocycles. The quantitative estimate of drug-likeness (QED) is 0.840. The lowest BCUT2D eigenvalue weighted by Gasteiger charge is -2.32. The van der Waals surface area contributed by atoms with Crippen LogP contribution in [0.5, 0.6) is 0 Å². The summed E-state index contributed by atoms with van der Waals surface area (Å²) in [6, 6.07) is 6.67. The van der Waals surface area contributed by atoms with Crippen LogP contribution in [-0.4, -0.2) is 40.7 Å². The fraction of sp³-hybridized carbons (Fsp3) is 0.471. The van der Waals surface area contributed by atoms with Gasteiger partial charge in [0.05, 0.1) is 11.3 Å². The first-order valence-electron chi connectivity index (χ1n) is 7.72. The number of para-hydroxylation sites is 1. The highest BCUT2D eigenvalue weighted by molar-refractivity contribution is 5.95. The minimum atomic E-state index is -0.987. The molecule has 2 N–H and O–H groups in total. The minimum absolute atomic E-state index is 0.153. The summed E-state index contributed by atoms with van der Waals surface area (Å²) in [4.78, 5) is 25.2. The standard InChI is InChI=1S/C17H23N3O3/c1-17(2,3)16(23)20-10-8-12(9-11-20)18-19-14-7-5-4-6-13(14)15(21)22/h4-7,19H,8-11H2,1-3H3,(H,21,22). The Morgan fingerprint density at radius 3 is 2.35 bits per heavy atom. The summed E-state index contributed by atoms with van der Waals surface area (Å²) >= 11 is 0. The molecule has 1 aromatic rings. The minimum Gasteiger partial charge on any atom is -0.478 e. The van der Waals surface area contributed by atoms with Crippen molar-refractivity contribution in [1.29, 1.82) is 0 Å². The van der Waals surface area contributed by atoms with Crippen LogP contribution in [0.3, 0.4) is 0 Å². The second kappa shape index (κ2) is 6.81. The number of anilines is 1. The number of carbonyl (C=O) groups excluding carboxylic acids is 1. The maximum Gasteiger partial charge on any atom is 0.337 e. The third-order valence-corrected chi connectivity index (χ3v) is 3.76. The van der Waals surface area contributed by atoms with Gasteiger partial charge in [-0.1, -0.05) is 32.9 Å². The Hall–Kier alpha value is -2.37. The molecule has 0 bridgehead atoms. The van der Waals surface area contributed by atoms with Gasteiger partial charge in [-0.05, 0) is 12.1 Å². The third kappa shape index (κ3) is 4.31. The van der Waals surface area contributed by atoms with E-state index in [0.717, 1.165) is 5.71 Å². The molecule has 0 unspecified atom stereocenters. The van der Waals surface area contributed by atoms with Gasteiger partial charge in [0.2, 0.25) is 5.91 Å². The van der Waals surface area contributed by atoms with Gasteiger partial charge >= 0.3 is 5.97 Å². The summed E-state index contributed by atoms with van der Waals surface area (Å²) in [5.74, 6) is -0.834. The zero-order valence-electron chi connectivity index (χ0n) is 13.8. The average Bonchev–Trinajstić information content (AvgIpc) is 2.52. The van der Waals surface area contributed by atoms with Crippen LogP contribution in [0.25, 0.3) is 0 Å². The third-order valence-electron chi connectivity index (χ3n) is 3.76. The predicted molar refractivity (Wildman–Crippen MR) is 89.7 cm³/mol. The van der Waals surface area contributed by atoms with E-state index in [1.807, 2.05) is 25.7 Å². The van der Waals surface area contributed by atoms with E-state index in [1.54, 1.807) is 18.2 Å². The van der Waals surface area contributed by atoms with E-state index in [9.17, 15) is 9.59 Å². The molecule has 6 heteroatoms. The summed E-state index contributed by atoms with van der Waals surface area (Å²) in [6.45, 7) is 7.06. The highest BCUT2D eigenvalue weighted by atomic mass is 16.4. The van der Waals surface area contributed by atoms with Crippen LogP contribution < -0.4 is 5.43 Å². The molecule has 1 aliphatic heterocycles. The summed E-state index contributed by atoms with van der Waals surface area (Å²) in [7, 11) is 0. The summed E-state index contributed by atoms with van der Waals surface area (Å²) < 4.78 is 0. The SMILES string of the molecule is CC(C)(C)C(=O)N1CCC(=NNc2ccccc2C(=O)O)CC1. The molecule has 0 radical (unpaired) electrons. The van der Waals surface area contributed by atoms with Crippen molar-refractivity contribution >= 4 is 23.3 Å². The number of hydrogen-bond donors (Lipinski definition) is 2. The van der Waals surface area contributed by atoms with Crippen LogP contribution in [0.1, 0.15) is 44.0 Å². The maximum atomic E-state index is 12.2. The summed E-state index contributed by atoms with van der Waals surface area (Å²) in [6.07, 6.45) is 1.40. The number of piperidine rings is 1. The number of nitrogens with one attached hydrogen (secondary N) is 1. The van der Waals surface area contributed by atoms with Gasteiger partial charge < -0.3 is 10.0 Å². The molecule has 0 spiro atoms. The van der Waals surface area contributed by atoms with Crippen molar-refractivity contribution in [1.82, 2.24) is 4.90 Å². The van der Waals surface area contributed by atoms with Crippen LogP contribution in [-0.2, 0) is 4.79 Å². The fourth-order valence-corrected chi connectivity index (χ4v) is 2.46. The Kier molecular flexibility index (Phi) is 5.03. The van der Waals surface area contributed by atoms with E-state index in [-0.39, 0.29) is 16.9 Å². The smallest absolute Gasteiger partial charge is 0.337 e.